The largest absolute Gasteiger partial charge is 0.478 e. The first-order valence-electron chi connectivity index (χ1n) is 21.7. The molecule has 0 amide bonds. The van der Waals surface area contributed by atoms with Gasteiger partial charge in [-0.15, -0.1) is 0 Å². The molecule has 0 aromatic heterocycles. The molecule has 85 heavy (non-hydrogen) atoms. The number of carboxylic acid groups (broad SMARTS) is 18. The van der Waals surface area contributed by atoms with Crippen molar-refractivity contribution in [2.24, 2.45) is 5.92 Å². The number of benzene rings is 3. The van der Waals surface area contributed by atoms with E-state index < -0.39 is 208 Å². The zero-order valence-electron chi connectivity index (χ0n) is 42.1. The molecule has 0 aliphatic heterocycles. The Kier molecular flexibility index (Phi) is 25.6. The molecule has 0 saturated carbocycles. The number of carbonyl (C=O) groups excluding carboxylic acids is 1. The van der Waals surface area contributed by atoms with E-state index in [1.165, 1.54) is 18.9 Å². The number of carboxylic acids is 18. The summed E-state index contributed by atoms with van der Waals surface area (Å²) in [7, 11) is 0. The van der Waals surface area contributed by atoms with Crippen LogP contribution in [-0.2, 0) is 9.53 Å². The molecule has 0 heterocycles. The van der Waals surface area contributed by atoms with E-state index in [1.54, 1.807) is 0 Å². The lowest BCUT2D eigenvalue weighted by molar-refractivity contribution is -0.137. The number of ether oxygens (including phenoxy) is 1. The molecule has 38 heteroatoms. The van der Waals surface area contributed by atoms with Crippen molar-refractivity contribution in [2.45, 2.75) is 39.5 Å². The van der Waals surface area contributed by atoms with Crippen molar-refractivity contribution in [3.8, 4) is 0 Å². The highest BCUT2D eigenvalue weighted by atomic mass is 16.5. The molecule has 18 N–H and O–H groups in total. The first-order chi connectivity index (χ1) is 38.9. The van der Waals surface area contributed by atoms with E-state index >= 15 is 0 Å². The van der Waals surface area contributed by atoms with Crippen LogP contribution in [0, 0.1) is 5.92 Å². The summed E-state index contributed by atoms with van der Waals surface area (Å²) in [4.78, 5) is 213. The average Bonchev–Trinajstić information content (AvgIpc) is 0.867. The molecule has 0 atom stereocenters. The normalized spacial score (nSPS) is 10.0. The fourth-order valence-electron chi connectivity index (χ4n) is 7.16. The Bertz CT molecular complexity index is 2570. The lowest BCUT2D eigenvalue weighted by Gasteiger charge is -2.15. The van der Waals surface area contributed by atoms with Crippen molar-refractivity contribution >= 4 is 113 Å². The van der Waals surface area contributed by atoms with Crippen LogP contribution in [0.4, 0.5) is 0 Å². The third kappa shape index (κ3) is 16.9. The predicted molar refractivity (Wildman–Crippen MR) is 259 cm³/mol. The van der Waals surface area contributed by atoms with E-state index in [4.69, 9.17) is 96.7 Å². The molecule has 0 unspecified atom stereocenters. The van der Waals surface area contributed by atoms with Gasteiger partial charge in [-0.2, -0.15) is 0 Å². The molecule has 0 bridgehead atoms. The lowest BCUT2D eigenvalue weighted by atomic mass is 9.86. The molecule has 0 fully saturated rings. The SMILES string of the molecule is C=CC(=O)OCCCCCC(C)C.O=C(O)c1c(C(=O)O)c(C(=O)O)c(C(=O)O)c(C(=O)O)c1C(=O)O.O=C(O)c1c(C(=O)O)c(C(=O)O)c(C(=O)O)c(C(=O)O)c1C(=O)O.O=C(O)c1c(C(=O)O)c(C(=O)O)c(C(=O)O)c(C(=O)O)c1C(=O)O. The maximum atomic E-state index is 11.2. The van der Waals surface area contributed by atoms with Crippen LogP contribution >= 0.6 is 0 Å². The second kappa shape index (κ2) is 30.1. The van der Waals surface area contributed by atoms with Crippen molar-refractivity contribution in [1.29, 1.82) is 0 Å². The molecule has 0 radical (unpaired) electrons. The number of esters is 1. The quantitative estimate of drug-likeness (QED) is 0.0329. The second-order valence-electron chi connectivity index (χ2n) is 15.9. The van der Waals surface area contributed by atoms with Crippen LogP contribution in [0.15, 0.2) is 12.7 Å². The first-order valence-corrected chi connectivity index (χ1v) is 21.7. The van der Waals surface area contributed by atoms with Crippen molar-refractivity contribution < 1.29 is 188 Å². The highest BCUT2D eigenvalue weighted by molar-refractivity contribution is 6.26. The van der Waals surface area contributed by atoms with Crippen molar-refractivity contribution in [3.63, 3.8) is 0 Å². The van der Waals surface area contributed by atoms with Crippen molar-refractivity contribution in [2.75, 3.05) is 6.61 Å². The van der Waals surface area contributed by atoms with E-state index in [2.05, 4.69) is 20.4 Å². The molecule has 0 spiro atoms. The van der Waals surface area contributed by atoms with Crippen LogP contribution in [0.25, 0.3) is 0 Å². The molecule has 0 aliphatic carbocycles. The molecular weight excluding hydrogens is 1170 g/mol. The Balaban J connectivity index is 0.00000113. The number of rotatable bonds is 25. The van der Waals surface area contributed by atoms with Crippen LogP contribution in [-0.4, -0.2) is 212 Å². The van der Waals surface area contributed by atoms with Gasteiger partial charge in [-0.05, 0) is 12.3 Å². The second-order valence-corrected chi connectivity index (χ2v) is 15.9. The molecule has 38 nitrogen and oxygen atoms in total. The first kappa shape index (κ1) is 72.3. The fraction of sp³-hybridized carbons (Fsp3) is 0.170. The highest BCUT2D eigenvalue weighted by Gasteiger charge is 2.43. The van der Waals surface area contributed by atoms with Gasteiger partial charge in [-0.25, -0.2) is 91.1 Å². The van der Waals surface area contributed by atoms with Gasteiger partial charge in [-0.3, -0.25) is 0 Å². The lowest BCUT2D eigenvalue weighted by Crippen LogP contribution is -2.27. The van der Waals surface area contributed by atoms with Gasteiger partial charge in [0.2, 0.25) is 0 Å². The third-order valence-corrected chi connectivity index (χ3v) is 10.2. The number of unbranched alkanes of at least 4 members (excludes halogenated alkanes) is 2. The summed E-state index contributed by atoms with van der Waals surface area (Å²) in [5.41, 5.74) is -29.8. The summed E-state index contributed by atoms with van der Waals surface area (Å²) < 4.78 is 4.84. The van der Waals surface area contributed by atoms with Gasteiger partial charge >= 0.3 is 113 Å². The zero-order valence-corrected chi connectivity index (χ0v) is 42.1. The Morgan fingerprint density at radius 1 is 0.271 bits per heavy atom. The van der Waals surface area contributed by atoms with Gasteiger partial charge in [-0.1, -0.05) is 39.7 Å². The van der Waals surface area contributed by atoms with Crippen LogP contribution in [0.2, 0.25) is 0 Å². The van der Waals surface area contributed by atoms with Crippen LogP contribution in [0.5, 0.6) is 0 Å². The Morgan fingerprint density at radius 3 is 0.494 bits per heavy atom. The third-order valence-electron chi connectivity index (χ3n) is 10.2. The monoisotopic (exact) mass is 1210 g/mol. The number of hydrogen-bond donors (Lipinski definition) is 18. The van der Waals surface area contributed by atoms with Crippen LogP contribution < -0.4 is 0 Å². The van der Waals surface area contributed by atoms with Gasteiger partial charge in [0.05, 0.1) is 107 Å². The number of carbonyl (C=O) groups is 19. The Labute approximate surface area is 465 Å². The molecule has 3 aromatic rings. The minimum atomic E-state index is -2.26. The van der Waals surface area contributed by atoms with E-state index in [-0.39, 0.29) is 5.97 Å². The molecular formula is C47H38O38. The minimum absolute atomic E-state index is 0.316. The van der Waals surface area contributed by atoms with E-state index in [1.807, 2.05) is 0 Å². The number of aromatic carboxylic acids is 18. The van der Waals surface area contributed by atoms with Crippen LogP contribution in [0.3, 0.4) is 0 Å². The summed E-state index contributed by atoms with van der Waals surface area (Å²) >= 11 is 0. The smallest absolute Gasteiger partial charge is 0.337 e. The van der Waals surface area contributed by atoms with Gasteiger partial charge in [0, 0.05) is 6.08 Å². The molecule has 3 aromatic carbocycles. The van der Waals surface area contributed by atoms with Crippen molar-refractivity contribution in [3.05, 3.63) is 113 Å². The minimum Gasteiger partial charge on any atom is -0.478 e. The fourth-order valence-corrected chi connectivity index (χ4v) is 7.16. The molecule has 3 rings (SSSR count). The maximum Gasteiger partial charge on any atom is 0.337 e. The van der Waals surface area contributed by atoms with Gasteiger partial charge in [0.1, 0.15) is 0 Å². The van der Waals surface area contributed by atoms with Gasteiger partial charge < -0.3 is 96.7 Å². The van der Waals surface area contributed by atoms with Crippen LogP contribution in [0.1, 0.15) is 226 Å². The molecule has 0 saturated heterocycles. The summed E-state index contributed by atoms with van der Waals surface area (Å²) in [6.07, 6.45) is 5.79. The predicted octanol–water partition coefficient (Wildman–Crippen LogP) is 2.56. The summed E-state index contributed by atoms with van der Waals surface area (Å²) in [6.45, 7) is 8.29. The summed E-state index contributed by atoms with van der Waals surface area (Å²) in [6, 6.07) is 0. The zero-order chi connectivity index (χ0) is 66.9. The number of hydrogen-bond acceptors (Lipinski definition) is 20. The molecule has 454 valence electrons. The highest BCUT2D eigenvalue weighted by Crippen LogP contribution is 2.33. The maximum absolute atomic E-state index is 11.2. The van der Waals surface area contributed by atoms with Gasteiger partial charge in [0.15, 0.2) is 0 Å². The van der Waals surface area contributed by atoms with Crippen molar-refractivity contribution in [1.82, 2.24) is 0 Å². The van der Waals surface area contributed by atoms with E-state index in [9.17, 15) is 91.1 Å². The summed E-state index contributed by atoms with van der Waals surface area (Å²) in [5.74, 6) is -40.2. The Hall–Kier alpha value is -12.7. The summed E-state index contributed by atoms with van der Waals surface area (Å²) in [5, 5.41) is 162. The standard InChI is InChI=1S/3C12H6O12.C11H20O2/c3*13-7(14)1-2(8(15)16)4(10(19)20)6(12(23)24)5(11(21)22)3(1)9(17)18;1-4-11(12)13-9-7-5-6-8-10(2)3/h3*(H,13,14)(H,15,16)(H,17,18)(H,19,20)(H,21,22)(H,23,24);4,10H,1,5-9H2,2-3H3. The van der Waals surface area contributed by atoms with E-state index in [0.717, 1.165) is 18.8 Å². The van der Waals surface area contributed by atoms with E-state index in [0.29, 0.717) is 6.61 Å². The molecule has 0 aliphatic rings. The van der Waals surface area contributed by atoms with Gasteiger partial charge in [0.25, 0.3) is 0 Å². The topological polar surface area (TPSA) is 698 Å². The average molecular weight is 1210 g/mol. The Morgan fingerprint density at radius 2 is 0.400 bits per heavy atom.